The van der Waals surface area contributed by atoms with E-state index < -0.39 is 45.9 Å². The average Bonchev–Trinajstić information content (AvgIpc) is 2.91. The molecule has 3 amide bonds. The van der Waals surface area contributed by atoms with Crippen molar-refractivity contribution in [2.75, 3.05) is 6.54 Å². The third-order valence-corrected chi connectivity index (χ3v) is 7.12. The Bertz CT molecular complexity index is 1210. The normalized spacial score (nSPS) is 15.7. The number of carbonyl (C=O) groups excluding carboxylic acids is 3. The van der Waals surface area contributed by atoms with Gasteiger partial charge < -0.3 is 10.2 Å². The van der Waals surface area contributed by atoms with E-state index in [0.29, 0.717) is 14.9 Å². The van der Waals surface area contributed by atoms with E-state index in [9.17, 15) is 22.8 Å². The van der Waals surface area contributed by atoms with E-state index in [1.165, 1.54) is 23.1 Å². The maximum atomic E-state index is 13.3. The van der Waals surface area contributed by atoms with Crippen molar-refractivity contribution in [2.24, 2.45) is 0 Å². The quantitative estimate of drug-likeness (QED) is 0.669. The number of amides is 3. The summed E-state index contributed by atoms with van der Waals surface area (Å²) >= 11 is 6.07. The fraction of sp³-hybridized carbons (Fsp3) is 0.348. The Kier molecular flexibility index (Phi) is 6.85. The summed E-state index contributed by atoms with van der Waals surface area (Å²) in [5.74, 6) is -1.86. The van der Waals surface area contributed by atoms with E-state index in [0.717, 1.165) is 0 Å². The summed E-state index contributed by atoms with van der Waals surface area (Å²) in [6, 6.07) is 11.7. The zero-order valence-electron chi connectivity index (χ0n) is 18.8. The van der Waals surface area contributed by atoms with Crippen molar-refractivity contribution in [3.63, 3.8) is 0 Å². The largest absolute Gasteiger partial charge is 0.350 e. The molecule has 0 bridgehead atoms. The fourth-order valence-corrected chi connectivity index (χ4v) is 5.22. The van der Waals surface area contributed by atoms with Crippen molar-refractivity contribution in [1.82, 2.24) is 14.5 Å². The summed E-state index contributed by atoms with van der Waals surface area (Å²) in [6.07, 6.45) is 0. The van der Waals surface area contributed by atoms with Crippen molar-refractivity contribution in [2.45, 2.75) is 50.7 Å². The van der Waals surface area contributed by atoms with Crippen molar-refractivity contribution in [3.8, 4) is 0 Å². The Balaban J connectivity index is 1.91. The zero-order valence-corrected chi connectivity index (χ0v) is 20.4. The van der Waals surface area contributed by atoms with Crippen LogP contribution in [0.5, 0.6) is 0 Å². The van der Waals surface area contributed by atoms with Gasteiger partial charge in [0, 0.05) is 17.1 Å². The van der Waals surface area contributed by atoms with Crippen LogP contribution in [0.15, 0.2) is 53.4 Å². The first kappa shape index (κ1) is 24.7. The van der Waals surface area contributed by atoms with Crippen LogP contribution in [0.1, 0.15) is 43.6 Å². The smallest absolute Gasteiger partial charge is 0.269 e. The van der Waals surface area contributed by atoms with Gasteiger partial charge in [-0.05, 0) is 57.5 Å². The highest BCUT2D eigenvalue weighted by Gasteiger charge is 2.43. The monoisotopic (exact) mass is 491 g/mol. The Morgan fingerprint density at radius 1 is 1.12 bits per heavy atom. The van der Waals surface area contributed by atoms with Gasteiger partial charge >= 0.3 is 0 Å². The molecule has 0 spiro atoms. The highest BCUT2D eigenvalue weighted by Crippen LogP contribution is 2.30. The molecule has 1 N–H and O–H groups in total. The van der Waals surface area contributed by atoms with Crippen molar-refractivity contribution in [1.29, 1.82) is 0 Å². The molecule has 176 valence electrons. The zero-order chi connectivity index (χ0) is 24.6. The predicted molar refractivity (Wildman–Crippen MR) is 124 cm³/mol. The maximum Gasteiger partial charge on any atom is 0.269 e. The van der Waals surface area contributed by atoms with Gasteiger partial charge in [0.25, 0.3) is 15.9 Å². The maximum absolute atomic E-state index is 13.3. The molecule has 10 heteroatoms. The SMILES string of the molecule is C[C@H](C(=O)NC(C)(C)C)N(Cc1cccc(Cl)c1)C(=O)CN1C(=O)c2ccccc2S1(=O)=O. The number of nitrogens with one attached hydrogen (secondary N) is 1. The van der Waals surface area contributed by atoms with Crippen LogP contribution in [-0.4, -0.2) is 53.5 Å². The molecule has 33 heavy (non-hydrogen) atoms. The van der Waals surface area contributed by atoms with E-state index >= 15 is 0 Å². The first-order chi connectivity index (χ1) is 15.3. The van der Waals surface area contributed by atoms with Gasteiger partial charge in [-0.15, -0.1) is 0 Å². The van der Waals surface area contributed by atoms with Crippen LogP contribution < -0.4 is 5.32 Å². The van der Waals surface area contributed by atoms with Crippen LogP contribution in [0.2, 0.25) is 5.02 Å². The Hall–Kier alpha value is -2.91. The molecule has 1 atom stereocenters. The van der Waals surface area contributed by atoms with Gasteiger partial charge in [0.2, 0.25) is 11.8 Å². The number of benzene rings is 2. The summed E-state index contributed by atoms with van der Waals surface area (Å²) in [4.78, 5) is 40.0. The first-order valence-corrected chi connectivity index (χ1v) is 12.1. The van der Waals surface area contributed by atoms with E-state index in [2.05, 4.69) is 5.32 Å². The van der Waals surface area contributed by atoms with Crippen LogP contribution in [-0.2, 0) is 26.2 Å². The van der Waals surface area contributed by atoms with Gasteiger partial charge in [0.15, 0.2) is 0 Å². The molecule has 0 unspecified atom stereocenters. The van der Waals surface area contributed by atoms with Crippen LogP contribution in [0, 0.1) is 0 Å². The molecule has 0 aromatic heterocycles. The van der Waals surface area contributed by atoms with E-state index in [1.54, 1.807) is 37.3 Å². The third kappa shape index (κ3) is 5.36. The number of rotatable bonds is 6. The van der Waals surface area contributed by atoms with Gasteiger partial charge in [0.05, 0.1) is 5.56 Å². The number of nitrogens with zero attached hydrogens (tertiary/aromatic N) is 2. The van der Waals surface area contributed by atoms with Gasteiger partial charge in [-0.3, -0.25) is 14.4 Å². The molecule has 1 aliphatic rings. The van der Waals surface area contributed by atoms with E-state index in [1.807, 2.05) is 20.8 Å². The summed E-state index contributed by atoms with van der Waals surface area (Å²) in [5.41, 5.74) is 0.141. The second kappa shape index (κ2) is 9.15. The van der Waals surface area contributed by atoms with Crippen LogP contribution in [0.3, 0.4) is 0 Å². The molecule has 3 rings (SSSR count). The summed E-state index contributed by atoms with van der Waals surface area (Å²) < 4.78 is 26.3. The average molecular weight is 492 g/mol. The molecule has 1 aliphatic heterocycles. The predicted octanol–water partition coefficient (Wildman–Crippen LogP) is 2.82. The fourth-order valence-electron chi connectivity index (χ4n) is 3.49. The van der Waals surface area contributed by atoms with Gasteiger partial charge in [-0.2, -0.15) is 0 Å². The molecule has 2 aromatic rings. The number of hydrogen-bond donors (Lipinski definition) is 1. The Morgan fingerprint density at radius 3 is 2.39 bits per heavy atom. The molecular weight excluding hydrogens is 466 g/mol. The Labute approximate surface area is 198 Å². The second-order valence-corrected chi connectivity index (χ2v) is 11.1. The molecule has 0 aliphatic carbocycles. The number of fused-ring (bicyclic) bond motifs is 1. The molecule has 0 fully saturated rings. The molecule has 1 heterocycles. The van der Waals surface area contributed by atoms with Gasteiger partial charge in [0.1, 0.15) is 17.5 Å². The first-order valence-electron chi connectivity index (χ1n) is 10.3. The lowest BCUT2D eigenvalue weighted by molar-refractivity contribution is -0.141. The lowest BCUT2D eigenvalue weighted by atomic mass is 10.1. The summed E-state index contributed by atoms with van der Waals surface area (Å²) in [6.45, 7) is 6.28. The van der Waals surface area contributed by atoms with Gasteiger partial charge in [-0.25, -0.2) is 12.7 Å². The Morgan fingerprint density at radius 2 is 1.79 bits per heavy atom. The summed E-state index contributed by atoms with van der Waals surface area (Å²) in [7, 11) is -4.16. The molecule has 0 saturated heterocycles. The topological polar surface area (TPSA) is 104 Å². The number of carbonyl (C=O) groups is 3. The molecule has 2 aromatic carbocycles. The number of halogens is 1. The molecule has 0 radical (unpaired) electrons. The van der Waals surface area contributed by atoms with Crippen LogP contribution in [0.25, 0.3) is 0 Å². The molecule has 0 saturated carbocycles. The second-order valence-electron chi connectivity index (χ2n) is 8.88. The highest BCUT2D eigenvalue weighted by molar-refractivity contribution is 7.90. The standard InChI is InChI=1S/C23H26ClN3O5S/c1-15(21(29)25-23(2,3)4)26(13-16-8-7-9-17(24)12-16)20(28)14-27-22(30)18-10-5-6-11-19(18)33(27,31)32/h5-12,15H,13-14H2,1-4H3,(H,25,29)/t15-/m1/s1. The minimum Gasteiger partial charge on any atom is -0.350 e. The van der Waals surface area contributed by atoms with Crippen molar-refractivity contribution >= 4 is 39.3 Å². The van der Waals surface area contributed by atoms with Gasteiger partial charge in [-0.1, -0.05) is 35.9 Å². The minimum atomic E-state index is -4.16. The van der Waals surface area contributed by atoms with Crippen molar-refractivity contribution in [3.05, 3.63) is 64.7 Å². The third-order valence-electron chi connectivity index (χ3n) is 5.10. The van der Waals surface area contributed by atoms with Crippen LogP contribution >= 0.6 is 11.6 Å². The highest BCUT2D eigenvalue weighted by atomic mass is 35.5. The minimum absolute atomic E-state index is 0.00709. The lowest BCUT2D eigenvalue weighted by Crippen LogP contribution is -2.54. The molecule has 8 nitrogen and oxygen atoms in total. The van der Waals surface area contributed by atoms with E-state index in [4.69, 9.17) is 11.6 Å². The lowest BCUT2D eigenvalue weighted by Gasteiger charge is -2.32. The van der Waals surface area contributed by atoms with Crippen LogP contribution in [0.4, 0.5) is 0 Å². The number of sulfonamides is 1. The van der Waals surface area contributed by atoms with Crippen molar-refractivity contribution < 1.29 is 22.8 Å². The number of hydrogen-bond acceptors (Lipinski definition) is 5. The van der Waals surface area contributed by atoms with E-state index in [-0.39, 0.29) is 17.0 Å². The molecular formula is C23H26ClN3O5S. The summed E-state index contributed by atoms with van der Waals surface area (Å²) in [5, 5.41) is 3.28.